The number of nitrogens with zero attached hydrogens (tertiary/aromatic N) is 3. The second-order valence-corrected chi connectivity index (χ2v) is 8.23. The molecular weight excluding hydrogens is 386 g/mol. The highest BCUT2D eigenvalue weighted by atomic mass is 16.5. The molecule has 3 rings (SSSR count). The average molecular weight is 420 g/mol. The lowest BCUT2D eigenvalue weighted by atomic mass is 10.0. The Morgan fingerprint density at radius 3 is 2.42 bits per heavy atom. The molecule has 0 aromatic heterocycles. The van der Waals surface area contributed by atoms with E-state index in [1.807, 2.05) is 18.2 Å². The zero-order valence-electron chi connectivity index (χ0n) is 19.0. The van der Waals surface area contributed by atoms with Crippen LogP contribution in [0, 0.1) is 11.3 Å². The molecule has 1 amide bonds. The van der Waals surface area contributed by atoms with E-state index in [0.29, 0.717) is 18.7 Å². The SMILES string of the molecule is CCCN(CCC)c1cc2c(cc1CN(Cc1cccc(C#N)c1)C(=O)OC)CCC2. The van der Waals surface area contributed by atoms with E-state index in [4.69, 9.17) is 4.74 Å². The Balaban J connectivity index is 1.95. The molecule has 0 spiro atoms. The monoisotopic (exact) mass is 419 g/mol. The molecule has 0 unspecified atom stereocenters. The summed E-state index contributed by atoms with van der Waals surface area (Å²) in [4.78, 5) is 16.9. The molecule has 0 radical (unpaired) electrons. The van der Waals surface area contributed by atoms with Crippen molar-refractivity contribution in [2.24, 2.45) is 0 Å². The second-order valence-electron chi connectivity index (χ2n) is 8.23. The number of nitriles is 1. The number of fused-ring (bicyclic) bond motifs is 1. The summed E-state index contributed by atoms with van der Waals surface area (Å²) in [7, 11) is 1.42. The van der Waals surface area contributed by atoms with Gasteiger partial charge >= 0.3 is 6.09 Å². The van der Waals surface area contributed by atoms with Crippen molar-refractivity contribution in [1.29, 1.82) is 5.26 Å². The molecule has 0 saturated heterocycles. The van der Waals surface area contributed by atoms with E-state index >= 15 is 0 Å². The van der Waals surface area contributed by atoms with Crippen molar-refractivity contribution in [3.8, 4) is 6.07 Å². The van der Waals surface area contributed by atoms with Gasteiger partial charge in [-0.3, -0.25) is 4.90 Å². The summed E-state index contributed by atoms with van der Waals surface area (Å²) >= 11 is 0. The molecule has 0 aliphatic heterocycles. The molecule has 1 aliphatic carbocycles. The van der Waals surface area contributed by atoms with Crippen molar-refractivity contribution >= 4 is 11.8 Å². The van der Waals surface area contributed by atoms with Crippen molar-refractivity contribution < 1.29 is 9.53 Å². The normalized spacial score (nSPS) is 12.2. The molecule has 5 heteroatoms. The van der Waals surface area contributed by atoms with E-state index in [0.717, 1.165) is 44.3 Å². The van der Waals surface area contributed by atoms with Crippen LogP contribution in [0.25, 0.3) is 0 Å². The molecule has 0 heterocycles. The quantitative estimate of drug-likeness (QED) is 0.543. The highest BCUT2D eigenvalue weighted by Gasteiger charge is 2.22. The van der Waals surface area contributed by atoms with Gasteiger partial charge in [-0.15, -0.1) is 0 Å². The topological polar surface area (TPSA) is 56.6 Å². The third-order valence-electron chi connectivity index (χ3n) is 5.84. The van der Waals surface area contributed by atoms with Gasteiger partial charge in [0.15, 0.2) is 0 Å². The Morgan fingerprint density at radius 2 is 1.77 bits per heavy atom. The standard InChI is InChI=1S/C26H33N3O2/c1-4-12-28(13-5-2)25-16-23-11-7-10-22(23)15-24(25)19-29(26(30)31-3)18-21-9-6-8-20(14-21)17-27/h6,8-9,14-16H,4-5,7,10-13,18-19H2,1-3H3. The fraction of sp³-hybridized carbons (Fsp3) is 0.462. The molecule has 0 atom stereocenters. The van der Waals surface area contributed by atoms with Gasteiger partial charge in [-0.2, -0.15) is 5.26 Å². The largest absolute Gasteiger partial charge is 0.453 e. The predicted molar refractivity (Wildman–Crippen MR) is 124 cm³/mol. The van der Waals surface area contributed by atoms with Crippen molar-refractivity contribution in [3.05, 3.63) is 64.2 Å². The van der Waals surface area contributed by atoms with Crippen molar-refractivity contribution in [3.63, 3.8) is 0 Å². The molecule has 0 saturated carbocycles. The Morgan fingerprint density at radius 1 is 1.06 bits per heavy atom. The number of methoxy groups -OCH3 is 1. The van der Waals surface area contributed by atoms with Crippen molar-refractivity contribution in [1.82, 2.24) is 4.90 Å². The maximum Gasteiger partial charge on any atom is 0.410 e. The van der Waals surface area contributed by atoms with Crippen LogP contribution < -0.4 is 4.90 Å². The molecule has 0 fully saturated rings. The van der Waals surface area contributed by atoms with Gasteiger partial charge in [-0.05, 0) is 72.6 Å². The van der Waals surface area contributed by atoms with Gasteiger partial charge in [0.1, 0.15) is 0 Å². The molecule has 5 nitrogen and oxygen atoms in total. The fourth-order valence-corrected chi connectivity index (χ4v) is 4.46. The van der Waals surface area contributed by atoms with Crippen LogP contribution in [0.1, 0.15) is 60.9 Å². The minimum Gasteiger partial charge on any atom is -0.453 e. The van der Waals surface area contributed by atoms with Gasteiger partial charge in [-0.25, -0.2) is 4.79 Å². The van der Waals surface area contributed by atoms with Crippen LogP contribution in [0.2, 0.25) is 0 Å². The molecule has 31 heavy (non-hydrogen) atoms. The number of amides is 1. The minimum absolute atomic E-state index is 0.355. The summed E-state index contributed by atoms with van der Waals surface area (Å²) in [5.74, 6) is 0. The molecule has 0 N–H and O–H groups in total. The number of rotatable bonds is 9. The summed E-state index contributed by atoms with van der Waals surface area (Å²) in [5, 5.41) is 9.21. The Hall–Kier alpha value is -3.00. The lowest BCUT2D eigenvalue weighted by molar-refractivity contribution is 0.118. The Labute approximate surface area is 186 Å². The first-order chi connectivity index (χ1) is 15.1. The van der Waals surface area contributed by atoms with Crippen molar-refractivity contribution in [2.75, 3.05) is 25.1 Å². The number of hydrogen-bond acceptors (Lipinski definition) is 4. The zero-order valence-corrected chi connectivity index (χ0v) is 19.0. The molecule has 2 aromatic carbocycles. The first kappa shape index (κ1) is 22.7. The van der Waals surface area contributed by atoms with E-state index < -0.39 is 0 Å². The third-order valence-corrected chi connectivity index (χ3v) is 5.84. The van der Waals surface area contributed by atoms with E-state index in [-0.39, 0.29) is 6.09 Å². The highest BCUT2D eigenvalue weighted by Crippen LogP contribution is 2.32. The number of carbonyl (C=O) groups excluding carboxylic acids is 1. The lowest BCUT2D eigenvalue weighted by Gasteiger charge is -2.30. The van der Waals surface area contributed by atoms with Gasteiger partial charge < -0.3 is 9.64 Å². The van der Waals surface area contributed by atoms with E-state index in [1.54, 1.807) is 11.0 Å². The number of aryl methyl sites for hydroxylation is 2. The molecular formula is C26H33N3O2. The number of benzene rings is 2. The highest BCUT2D eigenvalue weighted by molar-refractivity contribution is 5.68. The van der Waals surface area contributed by atoms with Crippen LogP contribution in [0.4, 0.5) is 10.5 Å². The number of carbonyl (C=O) groups is 1. The van der Waals surface area contributed by atoms with Crippen LogP contribution in [0.3, 0.4) is 0 Å². The van der Waals surface area contributed by atoms with Gasteiger partial charge in [0.25, 0.3) is 0 Å². The van der Waals surface area contributed by atoms with Gasteiger partial charge in [0.2, 0.25) is 0 Å². The van der Waals surface area contributed by atoms with Crippen LogP contribution in [0.5, 0.6) is 0 Å². The van der Waals surface area contributed by atoms with E-state index in [1.165, 1.54) is 35.9 Å². The zero-order chi connectivity index (χ0) is 22.2. The predicted octanol–water partition coefficient (Wildman–Crippen LogP) is 5.44. The first-order valence-corrected chi connectivity index (χ1v) is 11.3. The molecule has 2 aromatic rings. The number of ether oxygens (including phenoxy) is 1. The number of anilines is 1. The van der Waals surface area contributed by atoms with Gasteiger partial charge in [-0.1, -0.05) is 32.0 Å². The first-order valence-electron chi connectivity index (χ1n) is 11.3. The summed E-state index contributed by atoms with van der Waals surface area (Å²) in [5.41, 5.74) is 6.78. The molecule has 164 valence electrons. The van der Waals surface area contributed by atoms with Gasteiger partial charge in [0.05, 0.1) is 25.3 Å². The van der Waals surface area contributed by atoms with E-state index in [9.17, 15) is 10.1 Å². The maximum absolute atomic E-state index is 12.7. The minimum atomic E-state index is -0.355. The summed E-state index contributed by atoms with van der Waals surface area (Å²) in [6.45, 7) is 7.30. The van der Waals surface area contributed by atoms with Crippen LogP contribution in [-0.4, -0.2) is 31.2 Å². The summed E-state index contributed by atoms with van der Waals surface area (Å²) in [6, 6.07) is 14.2. The second kappa shape index (κ2) is 10.9. The Bertz CT molecular complexity index is 942. The third kappa shape index (κ3) is 5.58. The van der Waals surface area contributed by atoms with Crippen LogP contribution in [-0.2, 0) is 30.7 Å². The summed E-state index contributed by atoms with van der Waals surface area (Å²) < 4.78 is 5.11. The van der Waals surface area contributed by atoms with Crippen LogP contribution >= 0.6 is 0 Å². The maximum atomic E-state index is 12.7. The molecule has 0 bridgehead atoms. The van der Waals surface area contributed by atoms with E-state index in [2.05, 4.69) is 36.9 Å². The van der Waals surface area contributed by atoms with Gasteiger partial charge in [0, 0.05) is 25.3 Å². The Kier molecular flexibility index (Phi) is 7.94. The summed E-state index contributed by atoms with van der Waals surface area (Å²) in [6.07, 6.45) is 5.24. The smallest absolute Gasteiger partial charge is 0.410 e. The fourth-order valence-electron chi connectivity index (χ4n) is 4.46. The van der Waals surface area contributed by atoms with Crippen LogP contribution in [0.15, 0.2) is 36.4 Å². The molecule has 1 aliphatic rings. The lowest BCUT2D eigenvalue weighted by Crippen LogP contribution is -2.32. The average Bonchev–Trinajstić information content (AvgIpc) is 3.25. The number of hydrogen-bond donors (Lipinski definition) is 0. The van der Waals surface area contributed by atoms with Crippen molar-refractivity contribution in [2.45, 2.75) is 59.0 Å².